The Kier molecular flexibility index (Phi) is 4.58. The number of aromatic nitrogens is 2. The molecule has 2 heterocycles. The van der Waals surface area contributed by atoms with Gasteiger partial charge in [-0.2, -0.15) is 4.98 Å². The summed E-state index contributed by atoms with van der Waals surface area (Å²) in [5, 5.41) is 7.56. The highest BCUT2D eigenvalue weighted by Gasteiger charge is 2.15. The predicted molar refractivity (Wildman–Crippen MR) is 98.6 cm³/mol. The Bertz CT molecular complexity index is 920. The smallest absolute Gasteiger partial charge is 0.258 e. The maximum atomic E-state index is 5.51. The molecule has 0 amide bonds. The van der Waals surface area contributed by atoms with Crippen LogP contribution in [0.3, 0.4) is 0 Å². The van der Waals surface area contributed by atoms with Crippen LogP contribution in [0.25, 0.3) is 22.8 Å². The molecule has 0 aliphatic carbocycles. The molecule has 0 bridgehead atoms. The molecule has 1 aromatic heterocycles. The number of hydrogen-bond donors (Lipinski definition) is 1. The zero-order valence-electron chi connectivity index (χ0n) is 14.9. The molecule has 2 aromatic carbocycles. The van der Waals surface area contributed by atoms with Crippen LogP contribution in [-0.2, 0) is 12.8 Å². The summed E-state index contributed by atoms with van der Waals surface area (Å²) in [5.41, 5.74) is 4.50. The van der Waals surface area contributed by atoms with E-state index in [0.717, 1.165) is 37.1 Å². The molecule has 0 saturated heterocycles. The van der Waals surface area contributed by atoms with Crippen LogP contribution >= 0.6 is 0 Å². The average Bonchev–Trinajstić information content (AvgIpc) is 3.06. The van der Waals surface area contributed by atoms with Crippen LogP contribution in [0.5, 0.6) is 11.5 Å². The van der Waals surface area contributed by atoms with Gasteiger partial charge >= 0.3 is 0 Å². The van der Waals surface area contributed by atoms with Crippen LogP contribution in [-0.4, -0.2) is 37.4 Å². The quantitative estimate of drug-likeness (QED) is 0.779. The van der Waals surface area contributed by atoms with Crippen molar-refractivity contribution >= 4 is 0 Å². The summed E-state index contributed by atoms with van der Waals surface area (Å²) in [7, 11) is 3.21. The summed E-state index contributed by atoms with van der Waals surface area (Å²) < 4.78 is 16.1. The van der Waals surface area contributed by atoms with Gasteiger partial charge in [-0.05, 0) is 67.4 Å². The fourth-order valence-electron chi connectivity index (χ4n) is 3.24. The minimum Gasteiger partial charge on any atom is -0.493 e. The molecule has 0 unspecified atom stereocenters. The molecule has 4 rings (SSSR count). The topological polar surface area (TPSA) is 69.4 Å². The van der Waals surface area contributed by atoms with E-state index in [1.54, 1.807) is 14.2 Å². The molecular formula is C20H21N3O3. The number of nitrogens with one attached hydrogen (secondary N) is 1. The zero-order chi connectivity index (χ0) is 17.9. The maximum Gasteiger partial charge on any atom is 0.258 e. The first-order valence-electron chi connectivity index (χ1n) is 8.67. The molecule has 6 nitrogen and oxygen atoms in total. The van der Waals surface area contributed by atoms with E-state index in [2.05, 4.69) is 33.7 Å². The summed E-state index contributed by atoms with van der Waals surface area (Å²) in [6, 6.07) is 11.9. The third-order valence-corrected chi connectivity index (χ3v) is 4.66. The summed E-state index contributed by atoms with van der Waals surface area (Å²) in [4.78, 5) is 4.56. The van der Waals surface area contributed by atoms with E-state index < -0.39 is 0 Å². The number of hydrogen-bond acceptors (Lipinski definition) is 6. The predicted octanol–water partition coefficient (Wildman–Crippen LogP) is 3.11. The van der Waals surface area contributed by atoms with Crippen LogP contribution in [0.15, 0.2) is 40.9 Å². The highest BCUT2D eigenvalue weighted by molar-refractivity contribution is 5.64. The van der Waals surface area contributed by atoms with E-state index in [1.807, 2.05) is 18.2 Å². The van der Waals surface area contributed by atoms with E-state index in [1.165, 1.54) is 11.1 Å². The van der Waals surface area contributed by atoms with Crippen LogP contribution in [0.1, 0.15) is 11.1 Å². The zero-order valence-corrected chi connectivity index (χ0v) is 14.9. The van der Waals surface area contributed by atoms with Crippen molar-refractivity contribution < 1.29 is 14.0 Å². The third kappa shape index (κ3) is 3.15. The Balaban J connectivity index is 1.65. The van der Waals surface area contributed by atoms with Crippen molar-refractivity contribution in [1.29, 1.82) is 0 Å². The molecule has 26 heavy (non-hydrogen) atoms. The lowest BCUT2D eigenvalue weighted by Gasteiger charge is -2.07. The van der Waals surface area contributed by atoms with Gasteiger partial charge < -0.3 is 19.3 Å². The first-order valence-corrected chi connectivity index (χ1v) is 8.67. The van der Waals surface area contributed by atoms with Crippen molar-refractivity contribution in [3.63, 3.8) is 0 Å². The van der Waals surface area contributed by atoms with Crippen molar-refractivity contribution in [3.05, 3.63) is 47.5 Å². The average molecular weight is 351 g/mol. The maximum absolute atomic E-state index is 5.51. The van der Waals surface area contributed by atoms with Gasteiger partial charge in [-0.15, -0.1) is 0 Å². The van der Waals surface area contributed by atoms with E-state index in [-0.39, 0.29) is 0 Å². The second-order valence-electron chi connectivity index (χ2n) is 6.23. The van der Waals surface area contributed by atoms with Crippen molar-refractivity contribution in [2.24, 2.45) is 0 Å². The largest absolute Gasteiger partial charge is 0.493 e. The highest BCUT2D eigenvalue weighted by atomic mass is 16.5. The fraction of sp³-hybridized carbons (Fsp3) is 0.300. The van der Waals surface area contributed by atoms with Gasteiger partial charge in [-0.1, -0.05) is 11.2 Å². The molecule has 0 spiro atoms. The normalized spacial score (nSPS) is 13.8. The summed E-state index contributed by atoms with van der Waals surface area (Å²) in [6.45, 7) is 2.02. The molecule has 3 aromatic rings. The third-order valence-electron chi connectivity index (χ3n) is 4.66. The second-order valence-corrected chi connectivity index (χ2v) is 6.23. The number of nitrogens with zero attached hydrogens (tertiary/aromatic N) is 2. The second kappa shape index (κ2) is 7.17. The van der Waals surface area contributed by atoms with Gasteiger partial charge in [0, 0.05) is 11.1 Å². The van der Waals surface area contributed by atoms with Gasteiger partial charge in [0.05, 0.1) is 14.2 Å². The Morgan fingerprint density at radius 2 is 1.65 bits per heavy atom. The van der Waals surface area contributed by atoms with E-state index in [4.69, 9.17) is 14.0 Å². The van der Waals surface area contributed by atoms with Crippen LogP contribution < -0.4 is 14.8 Å². The lowest BCUT2D eigenvalue weighted by atomic mass is 10.00. The summed E-state index contributed by atoms with van der Waals surface area (Å²) in [6.07, 6.45) is 2.07. The standard InChI is InChI=1S/C20H21N3O3/c1-24-17-6-5-15(12-18(17)25-2)19-22-20(26-23-19)16-4-3-13-7-9-21-10-8-14(13)11-16/h3-6,11-12,21H,7-10H2,1-2H3. The van der Waals surface area contributed by atoms with E-state index in [9.17, 15) is 0 Å². The van der Waals surface area contributed by atoms with Crippen molar-refractivity contribution in [2.75, 3.05) is 27.3 Å². The van der Waals surface area contributed by atoms with Crippen molar-refractivity contribution in [1.82, 2.24) is 15.5 Å². The molecule has 1 aliphatic heterocycles. The monoisotopic (exact) mass is 351 g/mol. The van der Waals surface area contributed by atoms with E-state index in [0.29, 0.717) is 23.2 Å². The minimum atomic E-state index is 0.523. The number of rotatable bonds is 4. The van der Waals surface area contributed by atoms with Gasteiger partial charge in [0.25, 0.3) is 5.89 Å². The summed E-state index contributed by atoms with van der Waals surface area (Å²) in [5.74, 6) is 2.35. The lowest BCUT2D eigenvalue weighted by molar-refractivity contribution is 0.355. The number of ether oxygens (including phenoxy) is 2. The van der Waals surface area contributed by atoms with Crippen LogP contribution in [0.4, 0.5) is 0 Å². The first-order chi connectivity index (χ1) is 12.8. The van der Waals surface area contributed by atoms with Crippen molar-refractivity contribution in [2.45, 2.75) is 12.8 Å². The van der Waals surface area contributed by atoms with Gasteiger partial charge in [0.1, 0.15) is 0 Å². The molecule has 0 atom stereocenters. The molecule has 6 heteroatoms. The van der Waals surface area contributed by atoms with Crippen LogP contribution in [0, 0.1) is 0 Å². The molecule has 134 valence electrons. The van der Waals surface area contributed by atoms with E-state index >= 15 is 0 Å². The van der Waals surface area contributed by atoms with Crippen LogP contribution in [0.2, 0.25) is 0 Å². The molecule has 0 radical (unpaired) electrons. The van der Waals surface area contributed by atoms with Gasteiger partial charge in [0.15, 0.2) is 11.5 Å². The first kappa shape index (κ1) is 16.6. The Hall–Kier alpha value is -2.86. The number of fused-ring (bicyclic) bond motifs is 1. The molecule has 0 saturated carbocycles. The summed E-state index contributed by atoms with van der Waals surface area (Å²) >= 11 is 0. The van der Waals surface area contributed by atoms with Gasteiger partial charge in [-0.3, -0.25) is 0 Å². The van der Waals surface area contributed by atoms with Gasteiger partial charge in [0.2, 0.25) is 5.82 Å². The fourth-order valence-corrected chi connectivity index (χ4v) is 3.24. The van der Waals surface area contributed by atoms with Gasteiger partial charge in [-0.25, -0.2) is 0 Å². The number of benzene rings is 2. The Morgan fingerprint density at radius 3 is 2.46 bits per heavy atom. The van der Waals surface area contributed by atoms with Crippen molar-refractivity contribution in [3.8, 4) is 34.3 Å². The Morgan fingerprint density at radius 1 is 0.885 bits per heavy atom. The number of methoxy groups -OCH3 is 2. The SMILES string of the molecule is COc1ccc(-c2noc(-c3ccc4c(c3)CCNCC4)n2)cc1OC. The minimum absolute atomic E-state index is 0.523. The highest BCUT2D eigenvalue weighted by Crippen LogP contribution is 2.32. The molecule has 1 N–H and O–H groups in total. The lowest BCUT2D eigenvalue weighted by Crippen LogP contribution is -2.16. The molecule has 1 aliphatic rings. The Labute approximate surface area is 152 Å². The molecular weight excluding hydrogens is 330 g/mol. The molecule has 0 fully saturated rings.